The number of benzene rings is 2. The minimum absolute atomic E-state index is 0.0179. The molecule has 2 atom stereocenters. The summed E-state index contributed by atoms with van der Waals surface area (Å²) in [5, 5.41) is 5.49. The van der Waals surface area contributed by atoms with Gasteiger partial charge in [-0.3, -0.25) is 34.2 Å². The van der Waals surface area contributed by atoms with E-state index in [1.54, 1.807) is 23.2 Å². The summed E-state index contributed by atoms with van der Waals surface area (Å²) in [6.07, 6.45) is 5.36. The van der Waals surface area contributed by atoms with Gasteiger partial charge in [0.05, 0.1) is 29.9 Å². The molecule has 17 nitrogen and oxygen atoms in total. The second kappa shape index (κ2) is 14.7. The maximum absolute atomic E-state index is 13.3. The molecule has 6 aliphatic rings. The second-order valence-electron chi connectivity index (χ2n) is 15.7. The van der Waals surface area contributed by atoms with Gasteiger partial charge >= 0.3 is 6.09 Å². The molecule has 5 fully saturated rings. The average molecular weight is 777 g/mol. The third-order valence-electron chi connectivity index (χ3n) is 12.3. The molecular weight excluding hydrogens is 733 g/mol. The van der Waals surface area contributed by atoms with Crippen LogP contribution in [0.4, 0.5) is 33.5 Å². The Hall–Kier alpha value is -6.26. The van der Waals surface area contributed by atoms with Crippen LogP contribution in [0.3, 0.4) is 0 Å². The minimum Gasteiger partial charge on any atom is -0.448 e. The van der Waals surface area contributed by atoms with Crippen LogP contribution in [0, 0.1) is 11.8 Å². The number of carbonyl (C=O) groups is 6. The van der Waals surface area contributed by atoms with Crippen molar-refractivity contribution < 1.29 is 33.5 Å². The van der Waals surface area contributed by atoms with Crippen molar-refractivity contribution in [2.75, 3.05) is 72.4 Å². The maximum atomic E-state index is 13.3. The molecule has 57 heavy (non-hydrogen) atoms. The zero-order chi connectivity index (χ0) is 39.4. The second-order valence-corrected chi connectivity index (χ2v) is 15.7. The molecule has 3 aromatic rings. The van der Waals surface area contributed by atoms with Crippen LogP contribution in [-0.4, -0.2) is 120 Å². The third-order valence-corrected chi connectivity index (χ3v) is 12.3. The van der Waals surface area contributed by atoms with E-state index in [0.29, 0.717) is 42.9 Å². The Morgan fingerprint density at radius 1 is 0.807 bits per heavy atom. The number of piperidine rings is 3. The number of aromatic nitrogens is 2. The highest BCUT2D eigenvalue weighted by Crippen LogP contribution is 2.38. The Labute approximate surface area is 328 Å². The highest BCUT2D eigenvalue weighted by molar-refractivity contribution is 6.23. The van der Waals surface area contributed by atoms with Crippen LogP contribution in [0.1, 0.15) is 69.7 Å². The van der Waals surface area contributed by atoms with Crippen LogP contribution in [0.5, 0.6) is 0 Å². The Morgan fingerprint density at radius 3 is 2.28 bits per heavy atom. The molecule has 0 aliphatic carbocycles. The number of cyclic esters (lactones) is 1. The van der Waals surface area contributed by atoms with Gasteiger partial charge in [0, 0.05) is 62.8 Å². The fourth-order valence-electron chi connectivity index (χ4n) is 9.15. The van der Waals surface area contributed by atoms with Gasteiger partial charge in [0.25, 0.3) is 17.7 Å². The van der Waals surface area contributed by atoms with Crippen LogP contribution >= 0.6 is 0 Å². The number of imide groups is 2. The van der Waals surface area contributed by atoms with Gasteiger partial charge in [0.2, 0.25) is 11.8 Å². The molecule has 2 aromatic carbocycles. The molecule has 0 saturated carbocycles. The quantitative estimate of drug-likeness (QED) is 0.268. The summed E-state index contributed by atoms with van der Waals surface area (Å²) >= 11 is 0. The van der Waals surface area contributed by atoms with E-state index < -0.39 is 35.6 Å². The summed E-state index contributed by atoms with van der Waals surface area (Å²) in [6.45, 7) is 5.91. The van der Waals surface area contributed by atoms with E-state index in [0.717, 1.165) is 80.4 Å². The first-order valence-electron chi connectivity index (χ1n) is 19.7. The van der Waals surface area contributed by atoms with Crippen molar-refractivity contribution in [3.63, 3.8) is 0 Å². The van der Waals surface area contributed by atoms with Crippen LogP contribution < -0.4 is 31.1 Å². The van der Waals surface area contributed by atoms with Gasteiger partial charge in [0.15, 0.2) is 11.5 Å². The third kappa shape index (κ3) is 6.84. The first kappa shape index (κ1) is 36.4. The number of hydrogen-bond donors (Lipinski definition) is 3. The normalized spacial score (nSPS) is 23.1. The molecule has 6 aliphatic heterocycles. The van der Waals surface area contributed by atoms with Gasteiger partial charge in [-0.1, -0.05) is 0 Å². The molecule has 0 spiro atoms. The lowest BCUT2D eigenvalue weighted by Crippen LogP contribution is -2.54. The molecule has 17 heteroatoms. The fraction of sp³-hybridized carbons (Fsp3) is 0.450. The molecule has 7 heterocycles. The van der Waals surface area contributed by atoms with Crippen LogP contribution in [0.25, 0.3) is 0 Å². The van der Waals surface area contributed by atoms with Crippen molar-refractivity contribution in [2.24, 2.45) is 17.6 Å². The number of carbonyl (C=O) groups excluding carboxylic acids is 6. The molecule has 0 radical (unpaired) electrons. The van der Waals surface area contributed by atoms with E-state index in [2.05, 4.69) is 42.5 Å². The number of amides is 6. The molecule has 6 amide bonds. The van der Waals surface area contributed by atoms with E-state index in [4.69, 9.17) is 15.5 Å². The van der Waals surface area contributed by atoms with E-state index in [1.165, 1.54) is 0 Å². The number of nitrogens with two attached hydrogens (primary N) is 1. The Kier molecular flexibility index (Phi) is 9.37. The highest BCUT2D eigenvalue weighted by Gasteiger charge is 2.45. The zero-order valence-electron chi connectivity index (χ0n) is 31.4. The first-order valence-corrected chi connectivity index (χ1v) is 19.7. The average Bonchev–Trinajstić information content (AvgIpc) is 3.74. The fourth-order valence-corrected chi connectivity index (χ4v) is 9.15. The first-order chi connectivity index (χ1) is 27.6. The molecule has 1 aromatic heterocycles. The van der Waals surface area contributed by atoms with Crippen LogP contribution in [0.2, 0.25) is 0 Å². The summed E-state index contributed by atoms with van der Waals surface area (Å²) in [5.41, 5.74) is 9.05. The summed E-state index contributed by atoms with van der Waals surface area (Å²) in [7, 11) is 0. The lowest BCUT2D eigenvalue weighted by molar-refractivity contribution is -0.136. The number of primary amides is 1. The Balaban J connectivity index is 0.783. The summed E-state index contributed by atoms with van der Waals surface area (Å²) < 4.78 is 5.15. The van der Waals surface area contributed by atoms with Crippen molar-refractivity contribution in [3.8, 4) is 0 Å². The molecule has 296 valence electrons. The van der Waals surface area contributed by atoms with Gasteiger partial charge in [-0.2, -0.15) is 0 Å². The number of ether oxygens (including phenoxy) is 1. The number of fused-ring (bicyclic) bond motifs is 1. The number of nitrogens with zero attached hydrogens (tertiary/aromatic N) is 7. The van der Waals surface area contributed by atoms with E-state index in [9.17, 15) is 28.8 Å². The molecule has 0 bridgehead atoms. The van der Waals surface area contributed by atoms with Crippen LogP contribution in [0.15, 0.2) is 48.7 Å². The van der Waals surface area contributed by atoms with E-state index in [1.807, 2.05) is 18.2 Å². The van der Waals surface area contributed by atoms with Crippen molar-refractivity contribution in [3.05, 3.63) is 65.5 Å². The number of anilines is 5. The number of nitrogens with one attached hydrogen (secondary N) is 2. The topological polar surface area (TPSA) is 204 Å². The summed E-state index contributed by atoms with van der Waals surface area (Å²) in [4.78, 5) is 93.6. The van der Waals surface area contributed by atoms with Crippen molar-refractivity contribution in [1.29, 1.82) is 0 Å². The van der Waals surface area contributed by atoms with Crippen LogP contribution in [-0.2, 0) is 14.3 Å². The predicted octanol–water partition coefficient (Wildman–Crippen LogP) is 2.49. The van der Waals surface area contributed by atoms with Gasteiger partial charge in [0.1, 0.15) is 18.5 Å². The van der Waals surface area contributed by atoms with Crippen molar-refractivity contribution >= 4 is 64.3 Å². The molecule has 9 rings (SSSR count). The Bertz CT molecular complexity index is 2150. The minimum atomic E-state index is -0.979. The zero-order valence-corrected chi connectivity index (χ0v) is 31.4. The monoisotopic (exact) mass is 776 g/mol. The van der Waals surface area contributed by atoms with Gasteiger partial charge in [-0.25, -0.2) is 14.8 Å². The van der Waals surface area contributed by atoms with Crippen molar-refractivity contribution in [2.45, 2.75) is 50.6 Å². The molecule has 1 unspecified atom stereocenters. The largest absolute Gasteiger partial charge is 0.448 e. The van der Waals surface area contributed by atoms with Gasteiger partial charge < -0.3 is 35.4 Å². The van der Waals surface area contributed by atoms with Gasteiger partial charge in [-0.15, -0.1) is 0 Å². The molecular formula is C40H44N10O7. The highest BCUT2D eigenvalue weighted by atomic mass is 16.6. The Morgan fingerprint density at radius 2 is 1.56 bits per heavy atom. The molecule has 4 N–H and O–H groups in total. The predicted molar refractivity (Wildman–Crippen MR) is 207 cm³/mol. The van der Waals surface area contributed by atoms with E-state index in [-0.39, 0.29) is 42.1 Å². The number of rotatable bonds is 9. The standard InChI is InChI=1S/C40H44N10O7/c41-35(52)34-36(44-32(19-42-34)47-13-1-2-28(22-47)49-16-17-57-40(49)56)43-25-3-5-26(6-4-25)46-14-11-23(12-15-46)24-20-48(21-24)27-7-8-29-30(18-27)39(55)50(38(29)54)31-9-10-33(51)45-37(31)53/h3-8,18-19,23-24,28,31H,1-2,9-17,20-22H2,(H2,41,52)(H,43,44)(H,45,51,53)/t28-,31?/m0/s1. The summed E-state index contributed by atoms with van der Waals surface area (Å²) in [6, 6.07) is 12.4. The van der Waals surface area contributed by atoms with Crippen molar-refractivity contribution in [1.82, 2.24) is 25.1 Å². The maximum Gasteiger partial charge on any atom is 0.410 e. The number of hydrogen-bond acceptors (Lipinski definition) is 13. The smallest absolute Gasteiger partial charge is 0.410 e. The molecule has 5 saturated heterocycles. The summed E-state index contributed by atoms with van der Waals surface area (Å²) in [5.74, 6) is -0.713. The lowest BCUT2D eigenvalue weighted by Gasteiger charge is -2.47. The SMILES string of the molecule is NC(=O)c1ncc(N2CCC[C@H](N3CCOC3=O)C2)nc1Nc1ccc(N2CCC(C3CN(c4ccc5c(c4)C(=O)N(C4CCC(=O)NC4=O)C5=O)C3)CC2)cc1. The van der Waals surface area contributed by atoms with E-state index >= 15 is 0 Å². The lowest BCUT2D eigenvalue weighted by atomic mass is 9.79. The van der Waals surface area contributed by atoms with Gasteiger partial charge in [-0.05, 0) is 86.4 Å².